The second kappa shape index (κ2) is 7.93. The third kappa shape index (κ3) is 4.24. The van der Waals surface area contributed by atoms with Crippen molar-refractivity contribution in [2.24, 2.45) is 0 Å². The normalized spacial score (nSPS) is 10.5. The van der Waals surface area contributed by atoms with Gasteiger partial charge in [-0.05, 0) is 31.9 Å². The lowest BCUT2D eigenvalue weighted by Gasteiger charge is -2.11. The van der Waals surface area contributed by atoms with Crippen LogP contribution in [0.1, 0.15) is 17.0 Å². The highest BCUT2D eigenvalue weighted by Gasteiger charge is 2.20. The first-order valence-electron chi connectivity index (χ1n) is 7.53. The molecule has 25 heavy (non-hydrogen) atoms. The van der Waals surface area contributed by atoms with Gasteiger partial charge in [0.25, 0.3) is 5.69 Å². The summed E-state index contributed by atoms with van der Waals surface area (Å²) in [4.78, 5) is 23.0. The molecule has 132 valence electrons. The largest absolute Gasteiger partial charge is 0.319 e. The highest BCUT2D eigenvalue weighted by Crippen LogP contribution is 2.30. The Labute approximate surface area is 149 Å². The minimum absolute atomic E-state index is 0.0693. The molecule has 0 aliphatic heterocycles. The van der Waals surface area contributed by atoms with Crippen molar-refractivity contribution in [3.8, 4) is 0 Å². The molecule has 1 aromatic carbocycles. The van der Waals surface area contributed by atoms with E-state index >= 15 is 0 Å². The van der Waals surface area contributed by atoms with Gasteiger partial charge >= 0.3 is 0 Å². The fourth-order valence-corrected chi connectivity index (χ4v) is 3.02. The van der Waals surface area contributed by atoms with Gasteiger partial charge in [-0.2, -0.15) is 0 Å². The predicted molar refractivity (Wildman–Crippen MR) is 96.9 cm³/mol. The Balaban J connectivity index is 2.13. The van der Waals surface area contributed by atoms with Crippen molar-refractivity contribution in [1.29, 1.82) is 0 Å². The fourth-order valence-electron chi connectivity index (χ4n) is 2.22. The summed E-state index contributed by atoms with van der Waals surface area (Å²) >= 11 is 1.22. The summed E-state index contributed by atoms with van der Waals surface area (Å²) in [6.45, 7) is 9.63. The monoisotopic (exact) mass is 361 g/mol. The number of benzene rings is 1. The average molecular weight is 361 g/mol. The number of anilines is 1. The summed E-state index contributed by atoms with van der Waals surface area (Å²) in [6.07, 6.45) is 1.72. The Morgan fingerprint density at radius 1 is 1.40 bits per heavy atom. The lowest BCUT2D eigenvalue weighted by Crippen LogP contribution is -2.17. The van der Waals surface area contributed by atoms with E-state index in [1.807, 2.05) is 18.4 Å². The SMILES string of the molecule is C=CCn1c(C)nnc1SCC(=O)Nc1c([N+](=O)[O-])ccc(C)c1C. The molecule has 0 saturated carbocycles. The predicted octanol–water partition coefficient (Wildman–Crippen LogP) is 3.03. The molecule has 0 spiro atoms. The van der Waals surface area contributed by atoms with Crippen LogP contribution in [0.5, 0.6) is 0 Å². The van der Waals surface area contributed by atoms with E-state index in [0.29, 0.717) is 17.3 Å². The quantitative estimate of drug-likeness (QED) is 0.352. The molecule has 0 bridgehead atoms. The van der Waals surface area contributed by atoms with Crippen molar-refractivity contribution in [2.45, 2.75) is 32.5 Å². The van der Waals surface area contributed by atoms with Gasteiger partial charge in [0, 0.05) is 12.6 Å². The summed E-state index contributed by atoms with van der Waals surface area (Å²) in [5.41, 5.74) is 1.67. The number of carbonyl (C=O) groups is 1. The zero-order valence-electron chi connectivity index (χ0n) is 14.3. The van der Waals surface area contributed by atoms with Gasteiger partial charge in [-0.15, -0.1) is 16.8 Å². The Bertz CT molecular complexity index is 831. The highest BCUT2D eigenvalue weighted by molar-refractivity contribution is 7.99. The number of carbonyl (C=O) groups excluding carboxylic acids is 1. The van der Waals surface area contributed by atoms with Crippen molar-refractivity contribution in [3.05, 3.63) is 51.9 Å². The van der Waals surface area contributed by atoms with Crippen LogP contribution in [-0.2, 0) is 11.3 Å². The van der Waals surface area contributed by atoms with Crippen molar-refractivity contribution in [2.75, 3.05) is 11.1 Å². The average Bonchev–Trinajstić information content (AvgIpc) is 2.90. The third-order valence-electron chi connectivity index (χ3n) is 3.72. The maximum atomic E-state index is 12.3. The number of nitro benzene ring substituents is 1. The standard InChI is InChI=1S/C16H19N5O3S/c1-5-8-20-12(4)18-19-16(20)25-9-14(22)17-15-11(3)10(2)6-7-13(15)21(23)24/h5-7H,1,8-9H2,2-4H3,(H,17,22). The van der Waals surface area contributed by atoms with Gasteiger partial charge in [-0.1, -0.05) is 23.9 Å². The van der Waals surface area contributed by atoms with Gasteiger partial charge in [0.05, 0.1) is 10.7 Å². The Morgan fingerprint density at radius 3 is 2.76 bits per heavy atom. The van der Waals surface area contributed by atoms with Crippen molar-refractivity contribution < 1.29 is 9.72 Å². The number of aryl methyl sites for hydroxylation is 2. The summed E-state index contributed by atoms with van der Waals surface area (Å²) in [6, 6.07) is 3.06. The van der Waals surface area contributed by atoms with Crippen molar-refractivity contribution in [1.82, 2.24) is 14.8 Å². The second-order valence-electron chi connectivity index (χ2n) is 5.42. The van der Waals surface area contributed by atoms with Crippen LogP contribution in [0.2, 0.25) is 0 Å². The van der Waals surface area contributed by atoms with Crippen molar-refractivity contribution in [3.63, 3.8) is 0 Å². The van der Waals surface area contributed by atoms with Crippen LogP contribution in [0.25, 0.3) is 0 Å². The van der Waals surface area contributed by atoms with Crippen LogP contribution in [0.3, 0.4) is 0 Å². The molecular weight excluding hydrogens is 342 g/mol. The molecule has 1 amide bonds. The molecule has 8 nitrogen and oxygen atoms in total. The first-order chi connectivity index (χ1) is 11.8. The molecule has 0 radical (unpaired) electrons. The highest BCUT2D eigenvalue weighted by atomic mass is 32.2. The Hall–Kier alpha value is -2.68. The number of nitrogens with zero attached hydrogens (tertiary/aromatic N) is 4. The van der Waals surface area contributed by atoms with Crippen LogP contribution in [0, 0.1) is 30.9 Å². The van der Waals surface area contributed by atoms with Gasteiger partial charge in [-0.3, -0.25) is 14.9 Å². The van der Waals surface area contributed by atoms with Crippen LogP contribution < -0.4 is 5.32 Å². The lowest BCUT2D eigenvalue weighted by molar-refractivity contribution is -0.384. The van der Waals surface area contributed by atoms with E-state index in [4.69, 9.17) is 0 Å². The number of thioether (sulfide) groups is 1. The van der Waals surface area contributed by atoms with E-state index in [2.05, 4.69) is 22.1 Å². The summed E-state index contributed by atoms with van der Waals surface area (Å²) in [5.74, 6) is 0.459. The molecule has 1 heterocycles. The smallest absolute Gasteiger partial charge is 0.293 e. The van der Waals surface area contributed by atoms with E-state index in [0.717, 1.165) is 11.4 Å². The topological polar surface area (TPSA) is 103 Å². The summed E-state index contributed by atoms with van der Waals surface area (Å²) in [7, 11) is 0. The maximum absolute atomic E-state index is 12.3. The minimum Gasteiger partial charge on any atom is -0.319 e. The Kier molecular flexibility index (Phi) is 5.92. The van der Waals surface area contributed by atoms with E-state index in [-0.39, 0.29) is 23.0 Å². The van der Waals surface area contributed by atoms with Gasteiger partial charge in [-0.25, -0.2) is 0 Å². The van der Waals surface area contributed by atoms with Gasteiger partial charge < -0.3 is 9.88 Å². The van der Waals surface area contributed by atoms with Crippen molar-refractivity contribution >= 4 is 29.0 Å². The van der Waals surface area contributed by atoms with E-state index in [1.54, 1.807) is 19.1 Å². The number of hydrogen-bond donors (Lipinski definition) is 1. The molecule has 0 aliphatic carbocycles. The molecule has 0 saturated heterocycles. The van der Waals surface area contributed by atoms with E-state index < -0.39 is 4.92 Å². The number of amides is 1. The van der Waals surface area contributed by atoms with Crippen LogP contribution >= 0.6 is 11.8 Å². The van der Waals surface area contributed by atoms with Gasteiger partial charge in [0.2, 0.25) is 5.91 Å². The maximum Gasteiger partial charge on any atom is 0.293 e. The zero-order chi connectivity index (χ0) is 18.6. The third-order valence-corrected chi connectivity index (χ3v) is 4.69. The van der Waals surface area contributed by atoms with Crippen LogP contribution in [0.4, 0.5) is 11.4 Å². The first-order valence-corrected chi connectivity index (χ1v) is 8.51. The molecular formula is C16H19N5O3S. The molecule has 0 fully saturated rings. The number of allylic oxidation sites excluding steroid dienone is 1. The van der Waals surface area contributed by atoms with Gasteiger partial charge in [0.15, 0.2) is 5.16 Å². The van der Waals surface area contributed by atoms with Gasteiger partial charge in [0.1, 0.15) is 11.5 Å². The lowest BCUT2D eigenvalue weighted by atomic mass is 10.1. The molecule has 9 heteroatoms. The first kappa shape index (κ1) is 18.7. The van der Waals surface area contributed by atoms with Crippen LogP contribution in [-0.4, -0.2) is 31.3 Å². The zero-order valence-corrected chi connectivity index (χ0v) is 15.1. The fraction of sp³-hybridized carbons (Fsp3) is 0.312. The Morgan fingerprint density at radius 2 is 2.12 bits per heavy atom. The summed E-state index contributed by atoms with van der Waals surface area (Å²) < 4.78 is 1.84. The minimum atomic E-state index is -0.501. The molecule has 2 aromatic rings. The number of hydrogen-bond acceptors (Lipinski definition) is 6. The number of nitro groups is 1. The number of nitrogens with one attached hydrogen (secondary N) is 1. The number of rotatable bonds is 7. The molecule has 0 atom stereocenters. The molecule has 2 rings (SSSR count). The molecule has 1 aromatic heterocycles. The molecule has 1 N–H and O–H groups in total. The summed E-state index contributed by atoms with van der Waals surface area (Å²) in [5, 5.41) is 22.4. The molecule has 0 aliphatic rings. The second-order valence-corrected chi connectivity index (χ2v) is 6.37. The molecule has 0 unspecified atom stereocenters. The van der Waals surface area contributed by atoms with Crippen LogP contribution in [0.15, 0.2) is 29.9 Å². The van der Waals surface area contributed by atoms with E-state index in [9.17, 15) is 14.9 Å². The number of aromatic nitrogens is 3. The van der Waals surface area contributed by atoms with E-state index in [1.165, 1.54) is 17.8 Å².